The Kier molecular flexibility index (Phi) is 5.30. The fourth-order valence-electron chi connectivity index (χ4n) is 4.63. The SMILES string of the molecule is Cl.O=C1Oc2cc(OC3CC4CCC(C3)N4)ccc2CC1c1cccc(F)c1. The molecule has 0 radical (unpaired) electrons. The van der Waals surface area contributed by atoms with Crippen LogP contribution in [0.15, 0.2) is 42.5 Å². The molecule has 6 heteroatoms. The van der Waals surface area contributed by atoms with Gasteiger partial charge in [-0.2, -0.15) is 0 Å². The van der Waals surface area contributed by atoms with E-state index < -0.39 is 5.92 Å². The van der Waals surface area contributed by atoms with E-state index in [4.69, 9.17) is 9.47 Å². The fourth-order valence-corrected chi connectivity index (χ4v) is 4.63. The molecule has 148 valence electrons. The maximum atomic E-state index is 13.5. The Hall–Kier alpha value is -2.11. The standard InChI is InChI=1S/C22H22FNO3.ClH/c23-15-3-1-2-13(8-15)20-9-14-4-7-18(12-21(14)27-22(20)25)26-19-10-16-5-6-17(11-19)24-16;/h1-4,7-8,12,16-17,19-20,24H,5-6,9-11H2;1H. The van der Waals surface area contributed by atoms with Gasteiger partial charge >= 0.3 is 5.97 Å². The van der Waals surface area contributed by atoms with Gasteiger partial charge in [0.05, 0.1) is 5.92 Å². The predicted molar refractivity (Wildman–Crippen MR) is 106 cm³/mol. The average Bonchev–Trinajstić information content (AvgIpc) is 2.99. The maximum Gasteiger partial charge on any atom is 0.319 e. The van der Waals surface area contributed by atoms with Crippen LogP contribution in [0, 0.1) is 5.82 Å². The molecule has 2 aromatic rings. The van der Waals surface area contributed by atoms with Crippen LogP contribution in [0.1, 0.15) is 42.7 Å². The summed E-state index contributed by atoms with van der Waals surface area (Å²) in [6.45, 7) is 0. The summed E-state index contributed by atoms with van der Waals surface area (Å²) < 4.78 is 25.3. The van der Waals surface area contributed by atoms with Crippen molar-refractivity contribution in [1.82, 2.24) is 5.32 Å². The molecule has 3 heterocycles. The molecule has 0 saturated carbocycles. The molecule has 3 unspecified atom stereocenters. The number of fused-ring (bicyclic) bond motifs is 3. The van der Waals surface area contributed by atoms with E-state index in [1.54, 1.807) is 12.1 Å². The first kappa shape index (κ1) is 19.2. The lowest BCUT2D eigenvalue weighted by atomic mass is 9.89. The van der Waals surface area contributed by atoms with Gasteiger partial charge < -0.3 is 14.8 Å². The lowest BCUT2D eigenvalue weighted by Crippen LogP contribution is -2.42. The minimum absolute atomic E-state index is 0. The number of carbonyl (C=O) groups excluding carboxylic acids is 1. The molecule has 0 amide bonds. The van der Waals surface area contributed by atoms with Crippen molar-refractivity contribution < 1.29 is 18.7 Å². The number of ether oxygens (including phenoxy) is 2. The summed E-state index contributed by atoms with van der Waals surface area (Å²) in [4.78, 5) is 12.5. The second-order valence-corrected chi connectivity index (χ2v) is 7.85. The van der Waals surface area contributed by atoms with Crippen LogP contribution in [0.3, 0.4) is 0 Å². The van der Waals surface area contributed by atoms with Gasteiger partial charge in [-0.25, -0.2) is 4.39 Å². The first-order valence-corrected chi connectivity index (χ1v) is 9.67. The van der Waals surface area contributed by atoms with Crippen LogP contribution in [-0.4, -0.2) is 24.2 Å². The Morgan fingerprint density at radius 2 is 1.86 bits per heavy atom. The summed E-state index contributed by atoms with van der Waals surface area (Å²) in [5.74, 6) is 0.148. The summed E-state index contributed by atoms with van der Waals surface area (Å²) in [6, 6.07) is 13.0. The molecule has 2 aromatic carbocycles. The molecular weight excluding hydrogens is 381 g/mol. The Bertz CT molecular complexity index is 878. The fraction of sp³-hybridized carbons (Fsp3) is 0.409. The lowest BCUT2D eigenvalue weighted by Gasteiger charge is -2.30. The normalized spacial score (nSPS) is 28.1. The summed E-state index contributed by atoms with van der Waals surface area (Å²) >= 11 is 0. The Morgan fingerprint density at radius 3 is 2.61 bits per heavy atom. The van der Waals surface area contributed by atoms with Crippen molar-refractivity contribution in [2.24, 2.45) is 0 Å². The molecule has 4 nitrogen and oxygen atoms in total. The quantitative estimate of drug-likeness (QED) is 0.617. The highest BCUT2D eigenvalue weighted by Crippen LogP contribution is 2.37. The van der Waals surface area contributed by atoms with Gasteiger partial charge in [0.25, 0.3) is 0 Å². The number of hydrogen-bond acceptors (Lipinski definition) is 4. The zero-order valence-electron chi connectivity index (χ0n) is 15.4. The van der Waals surface area contributed by atoms with Crippen molar-refractivity contribution in [1.29, 1.82) is 0 Å². The third kappa shape index (κ3) is 3.74. The highest BCUT2D eigenvalue weighted by molar-refractivity contribution is 5.85. The van der Waals surface area contributed by atoms with Crippen molar-refractivity contribution in [3.05, 3.63) is 59.4 Å². The Balaban J connectivity index is 0.00000192. The van der Waals surface area contributed by atoms with E-state index in [9.17, 15) is 9.18 Å². The van der Waals surface area contributed by atoms with Gasteiger partial charge in [-0.3, -0.25) is 4.79 Å². The number of esters is 1. The number of halogens is 2. The molecule has 3 aliphatic heterocycles. The molecule has 5 rings (SSSR count). The summed E-state index contributed by atoms with van der Waals surface area (Å²) in [7, 11) is 0. The number of piperidine rings is 1. The van der Waals surface area contributed by atoms with Crippen LogP contribution < -0.4 is 14.8 Å². The molecule has 2 bridgehead atoms. The highest BCUT2D eigenvalue weighted by Gasteiger charge is 2.35. The monoisotopic (exact) mass is 403 g/mol. The van der Waals surface area contributed by atoms with E-state index >= 15 is 0 Å². The van der Waals surface area contributed by atoms with Crippen LogP contribution in [0.2, 0.25) is 0 Å². The number of nitrogens with one attached hydrogen (secondary N) is 1. The zero-order chi connectivity index (χ0) is 18.4. The number of carbonyl (C=O) groups is 1. The molecule has 28 heavy (non-hydrogen) atoms. The summed E-state index contributed by atoms with van der Waals surface area (Å²) in [6.07, 6.45) is 5.22. The van der Waals surface area contributed by atoms with E-state index in [0.717, 1.165) is 24.2 Å². The van der Waals surface area contributed by atoms with Crippen molar-refractivity contribution >= 4 is 18.4 Å². The van der Waals surface area contributed by atoms with E-state index in [0.29, 0.717) is 29.8 Å². The molecule has 3 aliphatic rings. The van der Waals surface area contributed by atoms with Crippen molar-refractivity contribution in [2.45, 2.75) is 56.2 Å². The van der Waals surface area contributed by atoms with Crippen LogP contribution in [0.5, 0.6) is 11.5 Å². The average molecular weight is 404 g/mol. The third-order valence-corrected chi connectivity index (χ3v) is 5.94. The minimum Gasteiger partial charge on any atom is -0.490 e. The number of benzene rings is 2. The van der Waals surface area contributed by atoms with Crippen molar-refractivity contribution in [3.63, 3.8) is 0 Å². The predicted octanol–water partition coefficient (Wildman–Crippen LogP) is 4.15. The molecular formula is C22H23ClFNO3. The minimum atomic E-state index is -0.472. The Morgan fingerprint density at radius 1 is 1.07 bits per heavy atom. The van der Waals surface area contributed by atoms with Crippen molar-refractivity contribution in [3.8, 4) is 11.5 Å². The topological polar surface area (TPSA) is 47.6 Å². The molecule has 2 saturated heterocycles. The first-order chi connectivity index (χ1) is 13.1. The lowest BCUT2D eigenvalue weighted by molar-refractivity contribution is -0.137. The smallest absolute Gasteiger partial charge is 0.319 e. The first-order valence-electron chi connectivity index (χ1n) is 9.67. The van der Waals surface area contributed by atoms with E-state index in [1.807, 2.05) is 18.2 Å². The van der Waals surface area contributed by atoms with Crippen LogP contribution in [0.4, 0.5) is 4.39 Å². The molecule has 0 spiro atoms. The van der Waals surface area contributed by atoms with Gasteiger partial charge in [-0.1, -0.05) is 18.2 Å². The molecule has 0 aromatic heterocycles. The molecule has 1 N–H and O–H groups in total. The Labute approximate surface area is 169 Å². The third-order valence-electron chi connectivity index (χ3n) is 5.94. The van der Waals surface area contributed by atoms with Gasteiger partial charge in [0.2, 0.25) is 0 Å². The van der Waals surface area contributed by atoms with Crippen LogP contribution in [-0.2, 0) is 11.2 Å². The zero-order valence-corrected chi connectivity index (χ0v) is 16.2. The van der Waals surface area contributed by atoms with E-state index in [1.165, 1.54) is 25.0 Å². The van der Waals surface area contributed by atoms with Gasteiger partial charge in [-0.05, 0) is 61.4 Å². The van der Waals surface area contributed by atoms with Gasteiger partial charge in [0, 0.05) is 18.2 Å². The molecule has 0 aliphatic carbocycles. The van der Waals surface area contributed by atoms with Gasteiger partial charge in [-0.15, -0.1) is 12.4 Å². The van der Waals surface area contributed by atoms with Crippen molar-refractivity contribution in [2.75, 3.05) is 0 Å². The van der Waals surface area contributed by atoms with E-state index in [-0.39, 0.29) is 30.3 Å². The van der Waals surface area contributed by atoms with Crippen LogP contribution >= 0.6 is 12.4 Å². The highest BCUT2D eigenvalue weighted by atomic mass is 35.5. The summed E-state index contributed by atoms with van der Waals surface area (Å²) in [5.41, 5.74) is 1.60. The molecule has 2 fully saturated rings. The van der Waals surface area contributed by atoms with Gasteiger partial charge in [0.15, 0.2) is 0 Å². The summed E-state index contributed by atoms with van der Waals surface area (Å²) in [5, 5.41) is 3.61. The van der Waals surface area contributed by atoms with E-state index in [2.05, 4.69) is 5.32 Å². The molecule has 3 atom stereocenters. The second kappa shape index (κ2) is 7.72. The number of rotatable bonds is 3. The second-order valence-electron chi connectivity index (χ2n) is 7.85. The maximum absolute atomic E-state index is 13.5. The van der Waals surface area contributed by atoms with Gasteiger partial charge in [0.1, 0.15) is 23.4 Å². The largest absolute Gasteiger partial charge is 0.490 e. The van der Waals surface area contributed by atoms with Crippen LogP contribution in [0.25, 0.3) is 0 Å². The number of hydrogen-bond donors (Lipinski definition) is 1.